The van der Waals surface area contributed by atoms with Gasteiger partial charge >= 0.3 is 343 Å². The van der Waals surface area contributed by atoms with E-state index in [1.165, 1.54) is 38.9 Å². The Labute approximate surface area is 384 Å². The number of fused-ring (bicyclic) bond motifs is 2. The molecule has 0 fully saturated rings. The maximum absolute atomic E-state index is 6.87. The summed E-state index contributed by atoms with van der Waals surface area (Å²) in [7, 11) is 0. The van der Waals surface area contributed by atoms with Crippen molar-refractivity contribution >= 4 is 22.5 Å². The number of nitrogens with zero attached hydrogens (tertiary/aromatic N) is 4. The Morgan fingerprint density at radius 3 is 1.75 bits per heavy atom. The number of para-hydroxylation sites is 2. The van der Waals surface area contributed by atoms with Crippen LogP contribution >= 0.6 is 0 Å². The molecule has 1 aliphatic rings. The van der Waals surface area contributed by atoms with Crippen molar-refractivity contribution in [2.45, 2.75) is 91.4 Å². The average molecular weight is 1010 g/mol. The van der Waals surface area contributed by atoms with Crippen molar-refractivity contribution in [3.63, 3.8) is 0 Å². The Bertz CT molecular complexity index is 2970. The van der Waals surface area contributed by atoms with E-state index < -0.39 is 0 Å². The summed E-state index contributed by atoms with van der Waals surface area (Å²) in [6.07, 6.45) is 3.98. The van der Waals surface area contributed by atoms with Crippen molar-refractivity contribution in [3.8, 4) is 45.1 Å². The molecule has 1 aliphatic heterocycles. The van der Waals surface area contributed by atoms with E-state index in [1.807, 2.05) is 6.20 Å². The number of aryl methyl sites for hydroxylation is 1. The van der Waals surface area contributed by atoms with Gasteiger partial charge in [0.1, 0.15) is 0 Å². The third-order valence-electron chi connectivity index (χ3n) is 12.2. The van der Waals surface area contributed by atoms with Gasteiger partial charge in [-0.2, -0.15) is 0 Å². The minimum atomic E-state index is -0.170. The number of benzene rings is 6. The first-order valence-corrected chi connectivity index (χ1v) is 23.2. The predicted molar refractivity (Wildman–Crippen MR) is 257 cm³/mol. The van der Waals surface area contributed by atoms with Gasteiger partial charge in [-0.25, -0.2) is 0 Å². The third-order valence-corrected chi connectivity index (χ3v) is 13.2. The second-order valence-electron chi connectivity index (χ2n) is 19.9. The van der Waals surface area contributed by atoms with Gasteiger partial charge in [-0.3, -0.25) is 0 Å². The van der Waals surface area contributed by atoms with E-state index >= 15 is 0 Å². The van der Waals surface area contributed by atoms with Crippen LogP contribution in [0.25, 0.3) is 44.7 Å². The molecule has 2 aromatic heterocycles. The minimum absolute atomic E-state index is 0.0179. The van der Waals surface area contributed by atoms with Crippen LogP contribution in [0.2, 0.25) is 0 Å². The first kappa shape index (κ1) is 42.5. The molecule has 0 unspecified atom stereocenters. The molecule has 6 aromatic carbocycles. The topological polar surface area (TPSA) is 35.2 Å². The molecule has 8 aromatic rings. The number of aromatic nitrogens is 3. The maximum atomic E-state index is 6.87. The van der Waals surface area contributed by atoms with Gasteiger partial charge in [0.05, 0.1) is 0 Å². The normalized spacial score (nSPS) is 13.3. The fourth-order valence-electron chi connectivity index (χ4n) is 8.59. The van der Waals surface area contributed by atoms with Crippen molar-refractivity contribution < 1.29 is 24.1 Å². The van der Waals surface area contributed by atoms with E-state index in [1.54, 1.807) is 0 Å². The van der Waals surface area contributed by atoms with E-state index in [9.17, 15) is 0 Å². The summed E-state index contributed by atoms with van der Waals surface area (Å²) in [6, 6.07) is 55.6. The zero-order chi connectivity index (χ0) is 44.3. The van der Waals surface area contributed by atoms with E-state index in [2.05, 4.69) is 241 Å². The van der Waals surface area contributed by atoms with Crippen LogP contribution in [0.5, 0.6) is 11.5 Å². The SMILES string of the molecule is CC(C)(C)c1cc(Oc2[c-]c3c(cc2)CCCN3c2cc(C(C)(C)C)ccn2)[c-]c(-n2[c](=[Pt])n(-c3c(-c4ccccc4)cc(C(C)(C)C)cc3-c3ccccc3)c3ccccc32)c1. The second kappa shape index (κ2) is 16.4. The monoisotopic (exact) mass is 1010 g/mol. The van der Waals surface area contributed by atoms with Crippen LogP contribution in [-0.2, 0) is 42.0 Å². The van der Waals surface area contributed by atoms with Gasteiger partial charge in [-0.1, -0.05) is 20.8 Å². The van der Waals surface area contributed by atoms with Crippen molar-refractivity contribution in [2.75, 3.05) is 11.4 Å². The van der Waals surface area contributed by atoms with E-state index in [0.717, 1.165) is 62.7 Å². The molecule has 63 heavy (non-hydrogen) atoms. The van der Waals surface area contributed by atoms with Crippen LogP contribution in [0.1, 0.15) is 91.0 Å². The predicted octanol–water partition coefficient (Wildman–Crippen LogP) is 14.6. The first-order chi connectivity index (χ1) is 30.0. The molecule has 6 heteroatoms. The number of pyridine rings is 1. The van der Waals surface area contributed by atoms with Gasteiger partial charge in [-0.05, 0) is 17.0 Å². The number of hydrogen-bond acceptors (Lipinski definition) is 3. The molecule has 0 atom stereocenters. The summed E-state index contributed by atoms with van der Waals surface area (Å²) in [4.78, 5) is 7.15. The van der Waals surface area contributed by atoms with Gasteiger partial charge in [-0.15, -0.1) is 0 Å². The van der Waals surface area contributed by atoms with Gasteiger partial charge in [0, 0.05) is 6.20 Å². The van der Waals surface area contributed by atoms with Crippen LogP contribution in [0.15, 0.2) is 140 Å². The van der Waals surface area contributed by atoms with Crippen molar-refractivity contribution in [1.29, 1.82) is 0 Å². The molecule has 0 aliphatic carbocycles. The average Bonchev–Trinajstić information content (AvgIpc) is 3.56. The number of imidazole rings is 1. The summed E-state index contributed by atoms with van der Waals surface area (Å²) < 4.78 is 12.7. The number of hydrogen-bond donors (Lipinski definition) is 0. The molecule has 0 amide bonds. The summed E-state index contributed by atoms with van der Waals surface area (Å²) in [5.41, 5.74) is 14.7. The van der Waals surface area contributed by atoms with Crippen LogP contribution in [0.4, 0.5) is 11.5 Å². The van der Waals surface area contributed by atoms with Crippen molar-refractivity contribution in [1.82, 2.24) is 14.1 Å². The van der Waals surface area contributed by atoms with Gasteiger partial charge in [0.2, 0.25) is 0 Å². The summed E-state index contributed by atoms with van der Waals surface area (Å²) in [5.74, 6) is 2.25. The molecule has 3 heterocycles. The standard InChI is InChI=1S/C57H56N4O.Pt/c1-55(2,3)42-28-29-58-53(35-42)59-30-18-23-41-26-27-46(37-52(41)59)62-47-32-43(56(4,5)6)31-45(36-47)60-38-61(51-25-17-16-24-50(51)60)54-48(39-19-12-10-13-20-39)33-44(57(7,8)9)34-49(54)40-21-14-11-15-22-40;/h10-17,19-22,24-29,31-35H,18,23,30H2,1-9H3;/q-2;. The molecule has 9 rings (SSSR count). The van der Waals surface area contributed by atoms with Crippen molar-refractivity contribution in [3.05, 3.63) is 178 Å². The molecule has 5 nitrogen and oxygen atoms in total. The van der Waals surface area contributed by atoms with Crippen LogP contribution in [-0.4, -0.2) is 20.7 Å². The van der Waals surface area contributed by atoms with Crippen LogP contribution in [0.3, 0.4) is 0 Å². The second-order valence-corrected chi connectivity index (χ2v) is 20.9. The molecule has 0 spiro atoms. The fourth-order valence-corrected chi connectivity index (χ4v) is 9.67. The molecular weight excluding hydrogens is 952 g/mol. The van der Waals surface area contributed by atoms with E-state index in [0.29, 0.717) is 11.5 Å². The molecule has 0 saturated carbocycles. The molecule has 0 radical (unpaired) electrons. The number of anilines is 2. The molecule has 0 N–H and O–H groups in total. The Hall–Kier alpha value is -5.77. The van der Waals surface area contributed by atoms with E-state index in [4.69, 9.17) is 9.72 Å². The first-order valence-electron chi connectivity index (χ1n) is 22.1. The molecule has 0 bridgehead atoms. The Kier molecular flexibility index (Phi) is 11.1. The molecular formula is C57H56N4OPt-2. The van der Waals surface area contributed by atoms with Gasteiger partial charge < -0.3 is 0 Å². The third kappa shape index (κ3) is 8.41. The Morgan fingerprint density at radius 1 is 0.571 bits per heavy atom. The zero-order valence-electron chi connectivity index (χ0n) is 37.9. The Morgan fingerprint density at radius 2 is 1.14 bits per heavy atom. The van der Waals surface area contributed by atoms with Gasteiger partial charge in [0.15, 0.2) is 0 Å². The fraction of sp³-hybridized carbons (Fsp3) is 0.263. The molecule has 0 saturated heterocycles. The zero-order valence-corrected chi connectivity index (χ0v) is 40.2. The van der Waals surface area contributed by atoms with Crippen LogP contribution < -0.4 is 9.64 Å². The number of ether oxygens (including phenoxy) is 1. The summed E-state index contributed by atoms with van der Waals surface area (Å²) >= 11 is 2.53. The van der Waals surface area contributed by atoms with Crippen molar-refractivity contribution in [2.24, 2.45) is 0 Å². The van der Waals surface area contributed by atoms with Gasteiger partial charge in [0.25, 0.3) is 0 Å². The number of rotatable bonds is 7. The Balaban J connectivity index is 1.22. The summed E-state index contributed by atoms with van der Waals surface area (Å²) in [5, 5.41) is 0. The van der Waals surface area contributed by atoms with Crippen LogP contribution in [0, 0.1) is 15.9 Å². The quantitative estimate of drug-likeness (QED) is 0.149. The molecule has 322 valence electrons. The van der Waals surface area contributed by atoms with E-state index in [-0.39, 0.29) is 16.2 Å². The summed E-state index contributed by atoms with van der Waals surface area (Å²) in [6.45, 7) is 21.3.